The van der Waals surface area contributed by atoms with Crippen LogP contribution in [0, 0.1) is 0 Å². The average molecular weight is 303 g/mol. The number of piperidine rings is 1. The van der Waals surface area contributed by atoms with E-state index in [1.54, 1.807) is 0 Å². The minimum Gasteiger partial charge on any atom is -0.350 e. The molecule has 120 valence electrons. The lowest BCUT2D eigenvalue weighted by Crippen LogP contribution is -2.51. The zero-order valence-electron chi connectivity index (χ0n) is 13.1. The molecular formula is C18H25NO3. The first-order valence-electron chi connectivity index (χ1n) is 8.37. The Labute approximate surface area is 132 Å². The fraction of sp³-hybridized carbons (Fsp3) is 0.611. The average Bonchev–Trinajstić information content (AvgIpc) is 2.57. The normalized spacial score (nSPS) is 21.0. The summed E-state index contributed by atoms with van der Waals surface area (Å²) in [5.41, 5.74) is 1.30. The molecule has 0 bridgehead atoms. The molecule has 2 aliphatic heterocycles. The molecule has 1 aromatic carbocycles. The van der Waals surface area contributed by atoms with Gasteiger partial charge in [-0.1, -0.05) is 30.3 Å². The minimum absolute atomic E-state index is 0.265. The van der Waals surface area contributed by atoms with Gasteiger partial charge in [0.05, 0.1) is 13.2 Å². The summed E-state index contributed by atoms with van der Waals surface area (Å²) < 4.78 is 11.6. The summed E-state index contributed by atoms with van der Waals surface area (Å²) in [5, 5.41) is 0. The Morgan fingerprint density at radius 1 is 1.09 bits per heavy atom. The highest BCUT2D eigenvalue weighted by molar-refractivity contribution is 5.76. The van der Waals surface area contributed by atoms with Crippen molar-refractivity contribution in [3.63, 3.8) is 0 Å². The van der Waals surface area contributed by atoms with Crippen molar-refractivity contribution in [2.45, 2.75) is 44.3 Å². The highest BCUT2D eigenvalue weighted by atomic mass is 16.7. The number of rotatable bonds is 4. The molecule has 3 rings (SSSR count). The summed E-state index contributed by atoms with van der Waals surface area (Å²) in [6.07, 6.45) is 5.09. The number of hydrogen-bond acceptors (Lipinski definition) is 3. The molecule has 0 aliphatic carbocycles. The Morgan fingerprint density at radius 3 is 2.45 bits per heavy atom. The second-order valence-corrected chi connectivity index (χ2v) is 6.18. The Morgan fingerprint density at radius 2 is 1.77 bits per heavy atom. The van der Waals surface area contributed by atoms with Crippen LogP contribution in [0.1, 0.15) is 37.7 Å². The van der Waals surface area contributed by atoms with Gasteiger partial charge in [0, 0.05) is 32.4 Å². The van der Waals surface area contributed by atoms with Gasteiger partial charge in [0.2, 0.25) is 5.91 Å². The van der Waals surface area contributed by atoms with Crippen LogP contribution in [-0.4, -0.2) is 42.9 Å². The third-order valence-electron chi connectivity index (χ3n) is 4.60. The van der Waals surface area contributed by atoms with Crippen molar-refractivity contribution in [2.75, 3.05) is 26.3 Å². The number of amides is 1. The van der Waals surface area contributed by atoms with E-state index < -0.39 is 5.79 Å². The number of aryl methyl sites for hydroxylation is 1. The lowest BCUT2D eigenvalue weighted by molar-refractivity contribution is -0.282. The largest absolute Gasteiger partial charge is 0.350 e. The molecule has 4 nitrogen and oxygen atoms in total. The van der Waals surface area contributed by atoms with Crippen LogP contribution in [0.25, 0.3) is 0 Å². The van der Waals surface area contributed by atoms with Crippen molar-refractivity contribution >= 4 is 5.91 Å². The van der Waals surface area contributed by atoms with E-state index in [1.165, 1.54) is 5.56 Å². The van der Waals surface area contributed by atoms with E-state index in [9.17, 15) is 4.79 Å². The Balaban J connectivity index is 1.40. The highest BCUT2D eigenvalue weighted by Crippen LogP contribution is 2.30. The maximum absolute atomic E-state index is 12.3. The van der Waals surface area contributed by atoms with Gasteiger partial charge in [0.1, 0.15) is 0 Å². The molecular weight excluding hydrogens is 278 g/mol. The highest BCUT2D eigenvalue weighted by Gasteiger charge is 2.39. The second-order valence-electron chi connectivity index (χ2n) is 6.18. The molecule has 0 radical (unpaired) electrons. The predicted octanol–water partition coefficient (Wildman–Crippen LogP) is 2.76. The molecule has 2 aliphatic rings. The first-order chi connectivity index (χ1) is 10.8. The van der Waals surface area contributed by atoms with Crippen molar-refractivity contribution in [3.8, 4) is 0 Å². The quantitative estimate of drug-likeness (QED) is 0.858. The monoisotopic (exact) mass is 303 g/mol. The van der Waals surface area contributed by atoms with Crippen molar-refractivity contribution in [3.05, 3.63) is 35.9 Å². The summed E-state index contributed by atoms with van der Waals surface area (Å²) in [6.45, 7) is 3.07. The van der Waals surface area contributed by atoms with Gasteiger partial charge >= 0.3 is 0 Å². The molecule has 1 amide bonds. The van der Waals surface area contributed by atoms with Crippen molar-refractivity contribution in [2.24, 2.45) is 0 Å². The number of benzene rings is 1. The zero-order valence-corrected chi connectivity index (χ0v) is 13.1. The fourth-order valence-electron chi connectivity index (χ4n) is 3.25. The molecule has 2 heterocycles. The third kappa shape index (κ3) is 3.87. The van der Waals surface area contributed by atoms with Crippen molar-refractivity contribution in [1.29, 1.82) is 0 Å². The smallest absolute Gasteiger partial charge is 0.222 e. The van der Waals surface area contributed by atoms with Crippen molar-refractivity contribution in [1.82, 2.24) is 4.90 Å². The summed E-state index contributed by atoms with van der Waals surface area (Å²) in [7, 11) is 0. The van der Waals surface area contributed by atoms with Gasteiger partial charge in [-0.2, -0.15) is 0 Å². The number of nitrogens with zero attached hydrogens (tertiary/aromatic N) is 1. The van der Waals surface area contributed by atoms with E-state index in [1.807, 2.05) is 23.1 Å². The molecule has 0 N–H and O–H groups in total. The molecule has 22 heavy (non-hydrogen) atoms. The summed E-state index contributed by atoms with van der Waals surface area (Å²) >= 11 is 0. The van der Waals surface area contributed by atoms with Crippen LogP contribution in [-0.2, 0) is 20.7 Å². The Hall–Kier alpha value is -1.39. The van der Waals surface area contributed by atoms with Crippen LogP contribution in [0.5, 0.6) is 0 Å². The van der Waals surface area contributed by atoms with Gasteiger partial charge in [-0.25, -0.2) is 0 Å². The molecule has 2 fully saturated rings. The molecule has 2 saturated heterocycles. The lowest BCUT2D eigenvalue weighted by atomic mass is 10.0. The van der Waals surface area contributed by atoms with E-state index >= 15 is 0 Å². The first kappa shape index (κ1) is 15.5. The Kier molecular flexibility index (Phi) is 5.11. The number of likely N-dealkylation sites (tertiary alicyclic amines) is 1. The van der Waals surface area contributed by atoms with Gasteiger partial charge in [-0.3, -0.25) is 4.79 Å². The maximum Gasteiger partial charge on any atom is 0.222 e. The molecule has 1 spiro atoms. The van der Waals surface area contributed by atoms with E-state index in [2.05, 4.69) is 12.1 Å². The summed E-state index contributed by atoms with van der Waals surface area (Å²) in [5.74, 6) is -0.138. The SMILES string of the molecule is O=C(CCCc1ccccc1)N1CCC2(CC1)OCCCO2. The Bertz CT molecular complexity index is 472. The fourth-order valence-corrected chi connectivity index (χ4v) is 3.25. The van der Waals surface area contributed by atoms with Crippen LogP contribution in [0.15, 0.2) is 30.3 Å². The molecule has 1 aromatic rings. The third-order valence-corrected chi connectivity index (χ3v) is 4.60. The summed E-state index contributed by atoms with van der Waals surface area (Å²) in [4.78, 5) is 14.3. The van der Waals surface area contributed by atoms with E-state index in [4.69, 9.17) is 9.47 Å². The van der Waals surface area contributed by atoms with E-state index in [0.29, 0.717) is 6.42 Å². The van der Waals surface area contributed by atoms with Gasteiger partial charge in [-0.05, 0) is 24.8 Å². The van der Waals surface area contributed by atoms with Crippen LogP contribution >= 0.6 is 0 Å². The van der Waals surface area contributed by atoms with Crippen LogP contribution < -0.4 is 0 Å². The van der Waals surface area contributed by atoms with Gasteiger partial charge in [-0.15, -0.1) is 0 Å². The number of carbonyl (C=O) groups excluding carboxylic acids is 1. The second kappa shape index (κ2) is 7.25. The van der Waals surface area contributed by atoms with Gasteiger partial charge in [0.25, 0.3) is 0 Å². The standard InChI is InChI=1S/C18H25NO3/c20-17(9-4-8-16-6-2-1-3-7-16)19-12-10-18(11-13-19)21-14-5-15-22-18/h1-3,6-7H,4-5,8-15H2. The molecule has 0 aromatic heterocycles. The topological polar surface area (TPSA) is 38.8 Å². The van der Waals surface area contributed by atoms with Crippen molar-refractivity contribution < 1.29 is 14.3 Å². The van der Waals surface area contributed by atoms with E-state index in [0.717, 1.165) is 58.4 Å². The molecule has 4 heteroatoms. The number of hydrogen-bond donors (Lipinski definition) is 0. The summed E-state index contributed by atoms with van der Waals surface area (Å²) in [6, 6.07) is 10.4. The van der Waals surface area contributed by atoms with E-state index in [-0.39, 0.29) is 5.91 Å². The number of ether oxygens (including phenoxy) is 2. The van der Waals surface area contributed by atoms with Gasteiger partial charge in [0.15, 0.2) is 5.79 Å². The van der Waals surface area contributed by atoms with Crippen LogP contribution in [0.3, 0.4) is 0 Å². The molecule has 0 atom stereocenters. The number of carbonyl (C=O) groups is 1. The minimum atomic E-state index is -0.404. The maximum atomic E-state index is 12.3. The predicted molar refractivity (Wildman–Crippen MR) is 84.4 cm³/mol. The molecule has 0 unspecified atom stereocenters. The van der Waals surface area contributed by atoms with Crippen LogP contribution in [0.4, 0.5) is 0 Å². The van der Waals surface area contributed by atoms with Crippen LogP contribution in [0.2, 0.25) is 0 Å². The molecule has 0 saturated carbocycles. The first-order valence-corrected chi connectivity index (χ1v) is 8.37. The van der Waals surface area contributed by atoms with Gasteiger partial charge < -0.3 is 14.4 Å². The zero-order chi connectivity index (χ0) is 15.3. The lowest BCUT2D eigenvalue weighted by Gasteiger charge is -2.43.